The Morgan fingerprint density at radius 3 is 2.00 bits per heavy atom. The molecule has 0 aliphatic heterocycles. The molecule has 0 aromatic rings. The van der Waals surface area contributed by atoms with Crippen molar-refractivity contribution in [2.24, 2.45) is 0 Å². The summed E-state index contributed by atoms with van der Waals surface area (Å²) in [5, 5.41) is 6.53. The Kier molecular flexibility index (Phi) is 15.4. The third kappa shape index (κ3) is 57.0. The molecule has 0 amide bonds. The van der Waals surface area contributed by atoms with Gasteiger partial charge in [0.25, 0.3) is 0 Å². The topological polar surface area (TPSA) is 22.9 Å². The lowest BCUT2D eigenvalue weighted by Crippen LogP contribution is -1.78. The van der Waals surface area contributed by atoms with Gasteiger partial charge in [-0.25, -0.2) is 0 Å². The summed E-state index contributed by atoms with van der Waals surface area (Å²) in [4.78, 5) is 0. The molecule has 0 aromatic heterocycles. The third-order valence-electron chi connectivity index (χ3n) is 0.348. The average molecular weight is 166 g/mol. The molecule has 0 aromatic carbocycles. The Balaban J connectivity index is 0. The van der Waals surface area contributed by atoms with Crippen LogP contribution < -0.4 is 0 Å². The second kappa shape index (κ2) is 11.3. The molecule has 0 fully saturated rings. The third-order valence-corrected chi connectivity index (χ3v) is 0.348. The van der Waals surface area contributed by atoms with Gasteiger partial charge in [0.1, 0.15) is 6.61 Å². The summed E-state index contributed by atoms with van der Waals surface area (Å²) in [5.41, 5.74) is 0. The molecule has 0 atom stereocenters. The zero-order valence-corrected chi connectivity index (χ0v) is 8.06. The molecule has 0 spiro atoms. The zero-order chi connectivity index (χ0) is 7.70. The average Bonchev–Trinajstić information content (AvgIpc) is 1.66. The van der Waals surface area contributed by atoms with E-state index in [0.29, 0.717) is 6.61 Å². The van der Waals surface area contributed by atoms with Crippen LogP contribution in [0.15, 0.2) is 12.7 Å². The molecule has 0 saturated carbocycles. The fraction of sp³-hybridized carbons (Fsp3) is 0.667. The molecular formula is C6H15AlClO+. The fourth-order valence-corrected chi connectivity index (χ4v) is 0.102. The van der Waals surface area contributed by atoms with Crippen molar-refractivity contribution in [2.45, 2.75) is 18.0 Å². The van der Waals surface area contributed by atoms with Gasteiger partial charge in [0.15, 0.2) is 0 Å². The summed E-state index contributed by atoms with van der Waals surface area (Å²) in [6.45, 7) is 3.91. The molecule has 0 saturated heterocycles. The normalized spacial score (nSPS) is 7.11. The highest BCUT2D eigenvalue weighted by atomic mass is 35.6. The Hall–Kier alpha value is 0.522. The summed E-state index contributed by atoms with van der Waals surface area (Å²) in [5.74, 6) is 4.14. The van der Waals surface area contributed by atoms with Gasteiger partial charge in [-0.05, 0) is 0 Å². The van der Waals surface area contributed by atoms with Crippen LogP contribution in [0.1, 0.15) is 6.42 Å². The first kappa shape index (κ1) is 12.2. The van der Waals surface area contributed by atoms with E-state index in [-0.39, 0.29) is 0 Å². The number of hydrogen-bond donors (Lipinski definition) is 0. The van der Waals surface area contributed by atoms with Crippen LogP contribution in [0.4, 0.5) is 0 Å². The van der Waals surface area contributed by atoms with Gasteiger partial charge in [-0.3, -0.25) is 10.0 Å². The van der Waals surface area contributed by atoms with E-state index in [0.717, 1.165) is 6.42 Å². The fourth-order valence-electron chi connectivity index (χ4n) is 0.102. The van der Waals surface area contributed by atoms with Crippen molar-refractivity contribution < 1.29 is 5.11 Å². The maximum atomic E-state index is 6.53. The Morgan fingerprint density at radius 2 is 2.00 bits per heavy atom. The summed E-state index contributed by atoms with van der Waals surface area (Å²) in [7, 11) is 5.41. The largest absolute Gasteiger partial charge is 0.445 e. The molecule has 0 radical (unpaired) electrons. The SMILES string of the molecule is C=CCC[OH2+].[CH3][Al]([CH3])[Cl]. The minimum atomic E-state index is -0.667. The van der Waals surface area contributed by atoms with Crippen LogP contribution in [0.5, 0.6) is 0 Å². The lowest BCUT2D eigenvalue weighted by Gasteiger charge is -1.69. The molecule has 0 unspecified atom stereocenters. The standard InChI is InChI=1S/C4H8O.2CH3.Al.ClH/c1-2-3-4-5;;;;/h2,5H,1,3-4H2;2*1H3;;1H/q;;;+1;. The highest BCUT2D eigenvalue weighted by Crippen LogP contribution is 1.79. The van der Waals surface area contributed by atoms with Crippen molar-refractivity contribution in [1.29, 1.82) is 0 Å². The van der Waals surface area contributed by atoms with E-state index in [1.54, 1.807) is 6.08 Å². The minimum absolute atomic E-state index is 0.476. The zero-order valence-electron chi connectivity index (χ0n) is 6.15. The Bertz CT molecular complexity index is 54.3. The van der Waals surface area contributed by atoms with E-state index < -0.39 is 13.2 Å². The number of hydrogen-bond acceptors (Lipinski definition) is 0. The van der Waals surface area contributed by atoms with Crippen LogP contribution in [-0.2, 0) is 0 Å². The van der Waals surface area contributed by atoms with Gasteiger partial charge in [-0.1, -0.05) is 17.6 Å². The van der Waals surface area contributed by atoms with Gasteiger partial charge in [0.2, 0.25) is 0 Å². The Morgan fingerprint density at radius 1 is 1.67 bits per heavy atom. The van der Waals surface area contributed by atoms with Crippen LogP contribution in [0.2, 0.25) is 11.6 Å². The summed E-state index contributed by atoms with van der Waals surface area (Å²) in [6.07, 6.45) is 2.56. The summed E-state index contributed by atoms with van der Waals surface area (Å²) in [6, 6.07) is 0. The van der Waals surface area contributed by atoms with Crippen molar-refractivity contribution in [1.82, 2.24) is 0 Å². The van der Waals surface area contributed by atoms with E-state index in [9.17, 15) is 0 Å². The van der Waals surface area contributed by atoms with Crippen molar-refractivity contribution in [3.8, 4) is 0 Å². The molecule has 54 valence electrons. The van der Waals surface area contributed by atoms with E-state index >= 15 is 0 Å². The quantitative estimate of drug-likeness (QED) is 0.338. The van der Waals surface area contributed by atoms with E-state index in [4.69, 9.17) is 15.2 Å². The molecule has 9 heavy (non-hydrogen) atoms. The summed E-state index contributed by atoms with van der Waals surface area (Å²) >= 11 is -0.667. The van der Waals surface area contributed by atoms with Crippen LogP contribution >= 0.6 is 10.0 Å². The Labute approximate surface area is 65.9 Å². The summed E-state index contributed by atoms with van der Waals surface area (Å²) < 4.78 is 0. The van der Waals surface area contributed by atoms with Crippen LogP contribution in [0.25, 0.3) is 0 Å². The van der Waals surface area contributed by atoms with Crippen molar-refractivity contribution in [3.05, 3.63) is 12.7 Å². The van der Waals surface area contributed by atoms with E-state index in [1.165, 1.54) is 0 Å². The second-order valence-electron chi connectivity index (χ2n) is 1.84. The maximum Gasteiger partial charge on any atom is 0.393 e. The van der Waals surface area contributed by atoms with E-state index in [1.807, 2.05) is 0 Å². The molecule has 0 rings (SSSR count). The van der Waals surface area contributed by atoms with Gasteiger partial charge in [0, 0.05) is 6.42 Å². The maximum absolute atomic E-state index is 6.53. The predicted molar refractivity (Wildman–Crippen MR) is 46.6 cm³/mol. The molecule has 1 nitrogen and oxygen atoms in total. The van der Waals surface area contributed by atoms with Gasteiger partial charge in [-0.15, -0.1) is 6.58 Å². The first-order chi connectivity index (χ1) is 4.15. The molecular weight excluding hydrogens is 150 g/mol. The highest BCUT2D eigenvalue weighted by molar-refractivity contribution is 7.05. The molecule has 0 aliphatic rings. The smallest absolute Gasteiger partial charge is 0.393 e. The monoisotopic (exact) mass is 165 g/mol. The van der Waals surface area contributed by atoms with Crippen molar-refractivity contribution in [2.75, 3.05) is 6.61 Å². The number of rotatable bonds is 2. The first-order valence-electron chi connectivity index (χ1n) is 3.04. The predicted octanol–water partition coefficient (Wildman–Crippen LogP) is 1.76. The van der Waals surface area contributed by atoms with E-state index in [2.05, 4.69) is 18.2 Å². The van der Waals surface area contributed by atoms with Crippen LogP contribution in [0.3, 0.4) is 0 Å². The van der Waals surface area contributed by atoms with Crippen LogP contribution in [-0.4, -0.2) is 24.9 Å². The molecule has 0 bridgehead atoms. The lowest BCUT2D eigenvalue weighted by molar-refractivity contribution is 0.303. The molecule has 3 heteroatoms. The molecule has 0 heterocycles. The van der Waals surface area contributed by atoms with Gasteiger partial charge < -0.3 is 5.11 Å². The van der Waals surface area contributed by atoms with Crippen LogP contribution in [0, 0.1) is 0 Å². The van der Waals surface area contributed by atoms with Gasteiger partial charge in [-0.2, -0.15) is 0 Å². The molecule has 0 aliphatic carbocycles. The highest BCUT2D eigenvalue weighted by Gasteiger charge is 1.88. The van der Waals surface area contributed by atoms with Gasteiger partial charge in [0.05, 0.1) is 0 Å². The lowest BCUT2D eigenvalue weighted by atomic mass is 10.5. The number of halogens is 1. The molecule has 2 N–H and O–H groups in total. The van der Waals surface area contributed by atoms with Crippen molar-refractivity contribution >= 4 is 23.3 Å². The van der Waals surface area contributed by atoms with Crippen molar-refractivity contribution in [3.63, 3.8) is 0 Å². The first-order valence-corrected chi connectivity index (χ1v) is 7.10. The minimum Gasteiger partial charge on any atom is -0.445 e. The second-order valence-corrected chi connectivity index (χ2v) is 6.49. The van der Waals surface area contributed by atoms with Gasteiger partial charge >= 0.3 is 13.2 Å².